The van der Waals surface area contributed by atoms with Gasteiger partial charge in [0.1, 0.15) is 5.82 Å². The summed E-state index contributed by atoms with van der Waals surface area (Å²) in [5, 5.41) is 13.5. The van der Waals surface area contributed by atoms with E-state index in [1.165, 1.54) is 5.56 Å². The van der Waals surface area contributed by atoms with Gasteiger partial charge in [0.2, 0.25) is 5.89 Å². The van der Waals surface area contributed by atoms with E-state index in [4.69, 9.17) is 4.52 Å². The van der Waals surface area contributed by atoms with Crippen LogP contribution in [0.4, 0.5) is 0 Å². The molecule has 0 amide bonds. The highest BCUT2D eigenvalue weighted by molar-refractivity contribution is 7.99. The zero-order chi connectivity index (χ0) is 17.6. The van der Waals surface area contributed by atoms with Crippen molar-refractivity contribution in [2.45, 2.75) is 57.0 Å². The van der Waals surface area contributed by atoms with Gasteiger partial charge in [-0.2, -0.15) is 4.98 Å². The summed E-state index contributed by atoms with van der Waals surface area (Å²) in [6.07, 6.45) is 3.06. The van der Waals surface area contributed by atoms with Crippen molar-refractivity contribution in [3.05, 3.63) is 53.4 Å². The van der Waals surface area contributed by atoms with Gasteiger partial charge in [0, 0.05) is 6.42 Å². The van der Waals surface area contributed by atoms with Crippen molar-refractivity contribution in [2.24, 2.45) is 0 Å². The second-order valence-electron chi connectivity index (χ2n) is 6.01. The van der Waals surface area contributed by atoms with Crippen LogP contribution in [0.1, 0.15) is 55.0 Å². The number of hydrogen-bond acceptors (Lipinski definition) is 6. The monoisotopic (exact) mass is 357 g/mol. The number of aryl methyl sites for hydroxylation is 2. The summed E-state index contributed by atoms with van der Waals surface area (Å²) >= 11 is 1.59. The molecule has 0 fully saturated rings. The molecule has 0 aliphatic rings. The number of aromatic nitrogens is 5. The quantitative estimate of drug-likeness (QED) is 0.562. The molecule has 0 saturated carbocycles. The molecule has 0 N–H and O–H groups in total. The van der Waals surface area contributed by atoms with Crippen LogP contribution in [0.25, 0.3) is 0 Å². The second-order valence-corrected chi connectivity index (χ2v) is 7.32. The van der Waals surface area contributed by atoms with Crippen molar-refractivity contribution in [1.82, 2.24) is 24.9 Å². The standard InChI is InChI=1S/C18H23N5OS/c1-4-5-11-16-19-17(24-22-16)13(2)25-18-21-20-14(3)23(18)12-15-9-7-6-8-10-15/h6-10,13H,4-5,11-12H2,1-3H3. The number of thioether (sulfide) groups is 1. The number of hydrogen-bond donors (Lipinski definition) is 0. The highest BCUT2D eigenvalue weighted by Crippen LogP contribution is 2.33. The Bertz CT molecular complexity index is 799. The fourth-order valence-corrected chi connectivity index (χ4v) is 3.40. The zero-order valence-corrected chi connectivity index (χ0v) is 15.7. The molecular formula is C18H23N5OS. The van der Waals surface area contributed by atoms with Gasteiger partial charge < -0.3 is 9.09 Å². The third-order valence-corrected chi connectivity index (χ3v) is 5.02. The van der Waals surface area contributed by atoms with Crippen molar-refractivity contribution >= 4 is 11.8 Å². The second kappa shape index (κ2) is 8.29. The number of unbranched alkanes of at least 4 members (excludes halogenated alkanes) is 1. The van der Waals surface area contributed by atoms with Crippen LogP contribution >= 0.6 is 11.8 Å². The van der Waals surface area contributed by atoms with Crippen molar-refractivity contribution < 1.29 is 4.52 Å². The average Bonchev–Trinajstić information content (AvgIpc) is 3.23. The first-order valence-corrected chi connectivity index (χ1v) is 9.48. The van der Waals surface area contributed by atoms with Crippen molar-refractivity contribution in [2.75, 3.05) is 0 Å². The van der Waals surface area contributed by atoms with Gasteiger partial charge in [-0.15, -0.1) is 10.2 Å². The van der Waals surface area contributed by atoms with Gasteiger partial charge in [-0.3, -0.25) is 0 Å². The van der Waals surface area contributed by atoms with Crippen LogP contribution in [0.2, 0.25) is 0 Å². The lowest BCUT2D eigenvalue weighted by Gasteiger charge is -2.10. The van der Waals surface area contributed by atoms with Gasteiger partial charge in [-0.25, -0.2) is 0 Å². The number of rotatable bonds is 8. The van der Waals surface area contributed by atoms with Gasteiger partial charge in [-0.05, 0) is 25.8 Å². The molecule has 7 heteroatoms. The van der Waals surface area contributed by atoms with Gasteiger partial charge in [0.25, 0.3) is 0 Å². The van der Waals surface area contributed by atoms with Gasteiger partial charge in [0.15, 0.2) is 11.0 Å². The summed E-state index contributed by atoms with van der Waals surface area (Å²) in [4.78, 5) is 4.51. The largest absolute Gasteiger partial charge is 0.338 e. The molecular weight excluding hydrogens is 334 g/mol. The minimum Gasteiger partial charge on any atom is -0.338 e. The predicted molar refractivity (Wildman–Crippen MR) is 97.5 cm³/mol. The van der Waals surface area contributed by atoms with Crippen molar-refractivity contribution in [3.63, 3.8) is 0 Å². The van der Waals surface area contributed by atoms with E-state index in [1.54, 1.807) is 11.8 Å². The minimum absolute atomic E-state index is 0.0287. The first-order valence-electron chi connectivity index (χ1n) is 8.60. The van der Waals surface area contributed by atoms with E-state index in [0.29, 0.717) is 5.89 Å². The maximum atomic E-state index is 5.42. The SMILES string of the molecule is CCCCc1noc(C(C)Sc2nnc(C)n2Cc2ccccc2)n1. The molecule has 0 aliphatic heterocycles. The lowest BCUT2D eigenvalue weighted by Crippen LogP contribution is -2.04. The Morgan fingerprint density at radius 3 is 2.76 bits per heavy atom. The van der Waals surface area contributed by atoms with Crippen LogP contribution in [-0.4, -0.2) is 24.9 Å². The van der Waals surface area contributed by atoms with Crippen molar-refractivity contribution in [1.29, 1.82) is 0 Å². The molecule has 1 unspecified atom stereocenters. The Morgan fingerprint density at radius 2 is 2.00 bits per heavy atom. The fourth-order valence-electron chi connectivity index (χ4n) is 2.47. The summed E-state index contributed by atoms with van der Waals surface area (Å²) in [6.45, 7) is 6.93. The third kappa shape index (κ3) is 4.48. The van der Waals surface area contributed by atoms with Crippen LogP contribution in [0.15, 0.2) is 40.0 Å². The Kier molecular flexibility index (Phi) is 5.86. The first-order chi connectivity index (χ1) is 12.2. The maximum absolute atomic E-state index is 5.42. The van der Waals surface area contributed by atoms with E-state index in [9.17, 15) is 0 Å². The van der Waals surface area contributed by atoms with Gasteiger partial charge in [-0.1, -0.05) is 60.6 Å². The Morgan fingerprint density at radius 1 is 1.20 bits per heavy atom. The highest BCUT2D eigenvalue weighted by atomic mass is 32.2. The van der Waals surface area contributed by atoms with Crippen LogP contribution in [0.3, 0.4) is 0 Å². The zero-order valence-electron chi connectivity index (χ0n) is 14.8. The van der Waals surface area contributed by atoms with E-state index in [2.05, 4.69) is 50.9 Å². The normalized spacial score (nSPS) is 12.4. The van der Waals surface area contributed by atoms with E-state index in [-0.39, 0.29) is 5.25 Å². The molecule has 2 aromatic heterocycles. The van der Waals surface area contributed by atoms with Gasteiger partial charge >= 0.3 is 0 Å². The maximum Gasteiger partial charge on any atom is 0.239 e. The highest BCUT2D eigenvalue weighted by Gasteiger charge is 2.19. The molecule has 25 heavy (non-hydrogen) atoms. The summed E-state index contributed by atoms with van der Waals surface area (Å²) in [5.74, 6) is 2.32. The van der Waals surface area contributed by atoms with Gasteiger partial charge in [0.05, 0.1) is 11.8 Å². The molecule has 0 bridgehead atoms. The molecule has 1 atom stereocenters. The molecule has 132 valence electrons. The van der Waals surface area contributed by atoms with Crippen LogP contribution < -0.4 is 0 Å². The van der Waals surface area contributed by atoms with Crippen LogP contribution in [-0.2, 0) is 13.0 Å². The summed E-state index contributed by atoms with van der Waals surface area (Å²) < 4.78 is 7.54. The smallest absolute Gasteiger partial charge is 0.239 e. The summed E-state index contributed by atoms with van der Waals surface area (Å²) in [7, 11) is 0. The molecule has 0 spiro atoms. The van der Waals surface area contributed by atoms with E-state index < -0.39 is 0 Å². The minimum atomic E-state index is 0.0287. The molecule has 1 aromatic carbocycles. The predicted octanol–water partition coefficient (Wildman–Crippen LogP) is 4.21. The van der Waals surface area contributed by atoms with Crippen LogP contribution in [0, 0.1) is 6.92 Å². The molecule has 0 radical (unpaired) electrons. The number of nitrogens with zero attached hydrogens (tertiary/aromatic N) is 5. The van der Waals surface area contributed by atoms with E-state index in [0.717, 1.165) is 42.6 Å². The first kappa shape index (κ1) is 17.7. The van der Waals surface area contributed by atoms with E-state index in [1.807, 2.05) is 25.1 Å². The lowest BCUT2D eigenvalue weighted by atomic mass is 10.2. The molecule has 0 saturated heterocycles. The Labute approximate surface area is 152 Å². The molecule has 3 rings (SSSR count). The summed E-state index contributed by atoms with van der Waals surface area (Å²) in [5.41, 5.74) is 1.22. The molecule has 2 heterocycles. The average molecular weight is 357 g/mol. The topological polar surface area (TPSA) is 69.6 Å². The van der Waals surface area contributed by atoms with E-state index >= 15 is 0 Å². The molecule has 3 aromatic rings. The van der Waals surface area contributed by atoms with Crippen LogP contribution in [0.5, 0.6) is 0 Å². The Hall–Kier alpha value is -2.15. The molecule has 0 aliphatic carbocycles. The fraction of sp³-hybridized carbons (Fsp3) is 0.444. The molecule has 6 nitrogen and oxygen atoms in total. The van der Waals surface area contributed by atoms with Crippen molar-refractivity contribution in [3.8, 4) is 0 Å². The third-order valence-electron chi connectivity index (χ3n) is 3.95. The Balaban J connectivity index is 1.71. The number of benzene rings is 1. The summed E-state index contributed by atoms with van der Waals surface area (Å²) in [6, 6.07) is 10.3. The lowest BCUT2D eigenvalue weighted by molar-refractivity contribution is 0.374.